The molecule has 22 heavy (non-hydrogen) atoms. The number of fused-ring (bicyclic) bond motifs is 4. The summed E-state index contributed by atoms with van der Waals surface area (Å²) >= 11 is 1.16. The van der Waals surface area contributed by atoms with E-state index in [1.165, 1.54) is 0 Å². The van der Waals surface area contributed by atoms with Crippen molar-refractivity contribution in [2.45, 2.75) is 25.8 Å². The minimum Gasteiger partial charge on any atom is -0.333 e. The molecule has 0 saturated carbocycles. The average molecular weight is 323 g/mol. The second-order valence-electron chi connectivity index (χ2n) is 6.32. The van der Waals surface area contributed by atoms with Crippen molar-refractivity contribution in [1.82, 2.24) is 24.3 Å². The Balaban J connectivity index is 1.80. The first-order valence-corrected chi connectivity index (χ1v) is 8.31. The Hall–Kier alpha value is -1.70. The van der Waals surface area contributed by atoms with Crippen LogP contribution in [0.1, 0.15) is 28.2 Å². The van der Waals surface area contributed by atoms with Crippen molar-refractivity contribution in [2.75, 3.05) is 33.7 Å². The fraction of sp³-hybridized carbons (Fsp3) is 0.714. The number of hydrogen-bond donors (Lipinski definition) is 0. The SMILES string of the molecule is Cc1nnsc1C(=O)N1C[C@H]2CC[C@@H]1CN(C(=O)N(C)C)C2. The van der Waals surface area contributed by atoms with Crippen molar-refractivity contribution in [2.24, 2.45) is 5.92 Å². The minimum absolute atomic E-state index is 0.0151. The van der Waals surface area contributed by atoms with Crippen LogP contribution >= 0.6 is 11.5 Å². The molecular weight excluding hydrogens is 302 g/mol. The van der Waals surface area contributed by atoms with Crippen LogP contribution in [0, 0.1) is 12.8 Å². The number of hydrogen-bond acceptors (Lipinski definition) is 5. The molecule has 0 aliphatic carbocycles. The third-order valence-electron chi connectivity index (χ3n) is 4.47. The molecule has 2 atom stereocenters. The Bertz CT molecular complexity index is 588. The third kappa shape index (κ3) is 2.67. The molecule has 0 unspecified atom stereocenters. The van der Waals surface area contributed by atoms with Gasteiger partial charge < -0.3 is 14.7 Å². The van der Waals surface area contributed by atoms with Gasteiger partial charge in [0.15, 0.2) is 0 Å². The summed E-state index contributed by atoms with van der Waals surface area (Å²) in [6, 6.07) is 0.124. The number of aryl methyl sites for hydroxylation is 1. The van der Waals surface area contributed by atoms with Gasteiger partial charge in [0.25, 0.3) is 5.91 Å². The number of carbonyl (C=O) groups excluding carboxylic acids is 2. The zero-order valence-electron chi connectivity index (χ0n) is 13.2. The van der Waals surface area contributed by atoms with Gasteiger partial charge in [-0.25, -0.2) is 4.79 Å². The fourth-order valence-corrected chi connectivity index (χ4v) is 3.94. The molecule has 120 valence electrons. The Morgan fingerprint density at radius 1 is 1.23 bits per heavy atom. The largest absolute Gasteiger partial charge is 0.333 e. The summed E-state index contributed by atoms with van der Waals surface area (Å²) < 4.78 is 3.86. The van der Waals surface area contributed by atoms with Gasteiger partial charge in [0, 0.05) is 39.8 Å². The maximum atomic E-state index is 12.8. The maximum Gasteiger partial charge on any atom is 0.319 e. The van der Waals surface area contributed by atoms with Crippen LogP contribution in [0.5, 0.6) is 0 Å². The molecule has 0 N–H and O–H groups in total. The van der Waals surface area contributed by atoms with Crippen molar-refractivity contribution in [1.29, 1.82) is 0 Å². The zero-order valence-corrected chi connectivity index (χ0v) is 14.0. The monoisotopic (exact) mass is 323 g/mol. The van der Waals surface area contributed by atoms with Crippen LogP contribution in [0.4, 0.5) is 4.79 Å². The zero-order chi connectivity index (χ0) is 15.9. The van der Waals surface area contributed by atoms with Gasteiger partial charge in [0.1, 0.15) is 4.88 Å². The predicted octanol–water partition coefficient (Wildman–Crippen LogP) is 1.06. The number of nitrogens with zero attached hydrogens (tertiary/aromatic N) is 5. The van der Waals surface area contributed by atoms with E-state index in [1.807, 2.05) is 16.7 Å². The van der Waals surface area contributed by atoms with Crippen LogP contribution < -0.4 is 0 Å². The van der Waals surface area contributed by atoms with E-state index in [1.54, 1.807) is 19.0 Å². The highest BCUT2D eigenvalue weighted by Crippen LogP contribution is 2.30. The van der Waals surface area contributed by atoms with Crippen molar-refractivity contribution < 1.29 is 9.59 Å². The van der Waals surface area contributed by atoms with E-state index in [0.717, 1.165) is 37.5 Å². The van der Waals surface area contributed by atoms with Gasteiger partial charge in [-0.3, -0.25) is 4.79 Å². The Morgan fingerprint density at radius 2 is 2.00 bits per heavy atom. The van der Waals surface area contributed by atoms with Crippen molar-refractivity contribution >= 4 is 23.5 Å². The lowest BCUT2D eigenvalue weighted by Gasteiger charge is -2.35. The molecule has 3 aliphatic heterocycles. The quantitative estimate of drug-likeness (QED) is 0.775. The summed E-state index contributed by atoms with van der Waals surface area (Å²) in [5.74, 6) is 0.370. The first kappa shape index (κ1) is 15.2. The molecular formula is C14H21N5O2S. The first-order valence-electron chi connectivity index (χ1n) is 7.53. The van der Waals surface area contributed by atoms with Gasteiger partial charge >= 0.3 is 6.03 Å². The molecule has 0 radical (unpaired) electrons. The molecule has 7 nitrogen and oxygen atoms in total. The normalized spacial score (nSPS) is 24.3. The minimum atomic E-state index is 0.0151. The van der Waals surface area contributed by atoms with Gasteiger partial charge in [-0.15, -0.1) is 5.10 Å². The maximum absolute atomic E-state index is 12.8. The van der Waals surface area contributed by atoms with Crippen LogP contribution in [0.3, 0.4) is 0 Å². The van der Waals surface area contributed by atoms with Crippen LogP contribution in [0.15, 0.2) is 0 Å². The Morgan fingerprint density at radius 3 is 2.64 bits per heavy atom. The lowest BCUT2D eigenvalue weighted by molar-refractivity contribution is 0.0590. The molecule has 3 fully saturated rings. The molecule has 1 aromatic heterocycles. The van der Waals surface area contributed by atoms with Gasteiger partial charge in [-0.05, 0) is 37.2 Å². The van der Waals surface area contributed by atoms with Crippen molar-refractivity contribution in [3.05, 3.63) is 10.6 Å². The van der Waals surface area contributed by atoms with Crippen LogP contribution in [0.25, 0.3) is 0 Å². The lowest BCUT2D eigenvalue weighted by atomic mass is 9.95. The second-order valence-corrected chi connectivity index (χ2v) is 7.08. The standard InChI is InChI=1S/C14H21N5O2S/c1-9-12(22-16-15-9)13(20)19-7-10-4-5-11(19)8-18(6-10)14(21)17(2)3/h10-11H,4-8H2,1-3H3/t10-,11+/m0/s1. The molecule has 4 heterocycles. The van der Waals surface area contributed by atoms with E-state index in [2.05, 4.69) is 9.59 Å². The van der Waals surface area contributed by atoms with Crippen molar-refractivity contribution in [3.8, 4) is 0 Å². The fourth-order valence-electron chi connectivity index (χ4n) is 3.33. The van der Waals surface area contributed by atoms with Gasteiger partial charge in [-0.1, -0.05) is 4.49 Å². The van der Waals surface area contributed by atoms with E-state index in [9.17, 15) is 9.59 Å². The van der Waals surface area contributed by atoms with E-state index in [-0.39, 0.29) is 18.0 Å². The summed E-state index contributed by atoms with van der Waals surface area (Å²) in [6.07, 6.45) is 2.03. The molecule has 0 spiro atoms. The predicted molar refractivity (Wildman–Crippen MR) is 82.9 cm³/mol. The molecule has 8 heteroatoms. The van der Waals surface area contributed by atoms with E-state index < -0.39 is 0 Å². The molecule has 1 aromatic rings. The Labute approximate surface area is 134 Å². The lowest BCUT2D eigenvalue weighted by Crippen LogP contribution is -2.48. The van der Waals surface area contributed by atoms with Gasteiger partial charge in [-0.2, -0.15) is 0 Å². The average Bonchev–Trinajstić information content (AvgIpc) is 2.73. The van der Waals surface area contributed by atoms with E-state index in [4.69, 9.17) is 0 Å². The molecule has 3 amide bonds. The summed E-state index contributed by atoms with van der Waals surface area (Å²) in [4.78, 5) is 31.1. The molecule has 3 aliphatic rings. The van der Waals surface area contributed by atoms with Gasteiger partial charge in [0.2, 0.25) is 0 Å². The van der Waals surface area contributed by atoms with Gasteiger partial charge in [0.05, 0.1) is 5.69 Å². The number of urea groups is 1. The molecule has 2 bridgehead atoms. The summed E-state index contributed by atoms with van der Waals surface area (Å²) in [6.45, 7) is 3.88. The van der Waals surface area contributed by atoms with Crippen LogP contribution in [0.2, 0.25) is 0 Å². The first-order chi connectivity index (χ1) is 10.5. The van der Waals surface area contributed by atoms with Crippen LogP contribution in [-0.2, 0) is 0 Å². The second kappa shape index (κ2) is 5.83. The smallest absolute Gasteiger partial charge is 0.319 e. The Kier molecular flexibility index (Phi) is 4.03. The highest BCUT2D eigenvalue weighted by molar-refractivity contribution is 7.07. The highest BCUT2D eigenvalue weighted by Gasteiger charge is 2.39. The number of piperidine rings is 1. The third-order valence-corrected chi connectivity index (χ3v) is 5.29. The number of carbonyl (C=O) groups is 2. The number of rotatable bonds is 1. The summed E-state index contributed by atoms with van der Waals surface area (Å²) in [7, 11) is 3.54. The van der Waals surface area contributed by atoms with Crippen LogP contribution in [-0.4, -0.2) is 76.0 Å². The number of amides is 3. The molecule has 0 aromatic carbocycles. The highest BCUT2D eigenvalue weighted by atomic mass is 32.1. The van der Waals surface area contributed by atoms with E-state index in [0.29, 0.717) is 23.0 Å². The molecule has 4 rings (SSSR count). The topological polar surface area (TPSA) is 69.6 Å². The number of aromatic nitrogens is 2. The van der Waals surface area contributed by atoms with Crippen molar-refractivity contribution in [3.63, 3.8) is 0 Å². The molecule has 3 saturated heterocycles. The summed E-state index contributed by atoms with van der Waals surface area (Å²) in [5, 5.41) is 3.93. The van der Waals surface area contributed by atoms with E-state index >= 15 is 0 Å². The summed E-state index contributed by atoms with van der Waals surface area (Å²) in [5.41, 5.74) is 0.691.